The average Bonchev–Trinajstić information content (AvgIpc) is 2.00. The number of carbonyl (C=O) groups excluding carboxylic acids is 3. The molecule has 5 heteroatoms. The Bertz CT molecular complexity index is 263. The molecule has 0 rings (SSSR count). The summed E-state index contributed by atoms with van der Waals surface area (Å²) >= 11 is 0. The number of carbonyl (C=O) groups is 3. The number of hydrogen-bond acceptors (Lipinski definition) is 4. The minimum atomic E-state index is -1.07. The van der Waals surface area contributed by atoms with Crippen LogP contribution in [-0.2, 0) is 19.1 Å². The number of rotatable bonds is 2. The number of hydrogen-bond donors (Lipinski definition) is 0. The number of ether oxygens (including phenoxy) is 1. The van der Waals surface area contributed by atoms with Gasteiger partial charge in [0.1, 0.15) is 0 Å². The zero-order valence-corrected chi connectivity index (χ0v) is 12.2. The Morgan fingerprint density at radius 2 is 1.47 bits per heavy atom. The summed E-state index contributed by atoms with van der Waals surface area (Å²) in [5, 5.41) is 0. The van der Waals surface area contributed by atoms with Crippen LogP contribution in [0.1, 0.15) is 34.6 Å². The van der Waals surface area contributed by atoms with Crippen molar-refractivity contribution in [1.82, 2.24) is 0 Å². The third kappa shape index (κ3) is 6.07. The second-order valence-corrected chi connectivity index (χ2v) is 4.44. The van der Waals surface area contributed by atoms with Crippen LogP contribution >= 0.6 is 0 Å². The molecule has 4 nitrogen and oxygen atoms in total. The molecule has 15 heavy (non-hydrogen) atoms. The molecule has 1 radical (unpaired) electrons. The van der Waals surface area contributed by atoms with Crippen molar-refractivity contribution in [1.29, 1.82) is 0 Å². The molecular formula is C10H16NaO4. The Morgan fingerprint density at radius 1 is 1.07 bits per heavy atom. The molecule has 0 saturated heterocycles. The van der Waals surface area contributed by atoms with Gasteiger partial charge in [0, 0.05) is 35.0 Å². The molecule has 0 atom stereocenters. The molecule has 0 bridgehead atoms. The standard InChI is InChI=1S/C10H16O4.Na/c1-6(2)8(12)14-9(13)7(11)10(3,4)5;/h6H,1-5H3;. The Morgan fingerprint density at radius 3 is 1.73 bits per heavy atom. The quantitative estimate of drug-likeness (QED) is 0.302. The maximum Gasteiger partial charge on any atom is 0.382 e. The van der Waals surface area contributed by atoms with Gasteiger partial charge in [0.15, 0.2) is 0 Å². The van der Waals surface area contributed by atoms with E-state index in [1.807, 2.05) is 0 Å². The summed E-state index contributed by atoms with van der Waals surface area (Å²) in [6, 6.07) is 0. The third-order valence-electron chi connectivity index (χ3n) is 1.53. The van der Waals surface area contributed by atoms with E-state index >= 15 is 0 Å². The number of esters is 2. The van der Waals surface area contributed by atoms with E-state index in [9.17, 15) is 14.4 Å². The van der Waals surface area contributed by atoms with Gasteiger partial charge in [-0.1, -0.05) is 34.6 Å². The van der Waals surface area contributed by atoms with Gasteiger partial charge in [-0.2, -0.15) is 0 Å². The van der Waals surface area contributed by atoms with Crippen molar-refractivity contribution in [2.24, 2.45) is 11.3 Å². The molecule has 0 amide bonds. The summed E-state index contributed by atoms with van der Waals surface area (Å²) in [5.74, 6) is -2.85. The van der Waals surface area contributed by atoms with Crippen molar-refractivity contribution < 1.29 is 19.1 Å². The van der Waals surface area contributed by atoms with Crippen LogP contribution in [-0.4, -0.2) is 47.3 Å². The van der Waals surface area contributed by atoms with Gasteiger partial charge in [0.2, 0.25) is 5.78 Å². The van der Waals surface area contributed by atoms with E-state index in [0.717, 1.165) is 0 Å². The largest absolute Gasteiger partial charge is 0.387 e. The average molecular weight is 223 g/mol. The van der Waals surface area contributed by atoms with Crippen molar-refractivity contribution in [3.8, 4) is 0 Å². The molecule has 0 N–H and O–H groups in total. The summed E-state index contributed by atoms with van der Waals surface area (Å²) < 4.78 is 4.37. The predicted octanol–water partition coefficient (Wildman–Crippen LogP) is 0.947. The first-order chi connectivity index (χ1) is 6.16. The summed E-state index contributed by atoms with van der Waals surface area (Å²) in [6.45, 7) is 7.97. The molecular weight excluding hydrogens is 207 g/mol. The Kier molecular flexibility index (Phi) is 7.35. The fourth-order valence-electron chi connectivity index (χ4n) is 0.562. The molecule has 0 aliphatic rings. The third-order valence-corrected chi connectivity index (χ3v) is 1.53. The SMILES string of the molecule is CC(C)C(=O)OC(=O)C(=O)C(C)(C)C.[Na]. The van der Waals surface area contributed by atoms with Crippen LogP contribution in [0.5, 0.6) is 0 Å². The van der Waals surface area contributed by atoms with E-state index in [0.29, 0.717) is 0 Å². The van der Waals surface area contributed by atoms with Gasteiger partial charge < -0.3 is 4.74 Å². The molecule has 0 aliphatic carbocycles. The maximum absolute atomic E-state index is 11.3. The van der Waals surface area contributed by atoms with Crippen molar-refractivity contribution in [3.05, 3.63) is 0 Å². The molecule has 0 aromatic rings. The van der Waals surface area contributed by atoms with Gasteiger partial charge in [-0.3, -0.25) is 9.59 Å². The van der Waals surface area contributed by atoms with Crippen LogP contribution in [0.3, 0.4) is 0 Å². The van der Waals surface area contributed by atoms with Crippen molar-refractivity contribution in [2.75, 3.05) is 0 Å². The van der Waals surface area contributed by atoms with Crippen LogP contribution < -0.4 is 0 Å². The molecule has 0 unspecified atom stereocenters. The molecule has 81 valence electrons. The Labute approximate surface area is 112 Å². The van der Waals surface area contributed by atoms with Crippen LogP contribution in [0.2, 0.25) is 0 Å². The van der Waals surface area contributed by atoms with E-state index < -0.39 is 29.1 Å². The van der Waals surface area contributed by atoms with Crippen molar-refractivity contribution in [2.45, 2.75) is 34.6 Å². The molecule has 0 spiro atoms. The van der Waals surface area contributed by atoms with Crippen LogP contribution in [0, 0.1) is 11.3 Å². The van der Waals surface area contributed by atoms with Crippen LogP contribution in [0.15, 0.2) is 0 Å². The van der Waals surface area contributed by atoms with Crippen molar-refractivity contribution >= 4 is 47.3 Å². The zero-order chi connectivity index (χ0) is 11.5. The first-order valence-corrected chi connectivity index (χ1v) is 4.46. The van der Waals surface area contributed by atoms with E-state index in [1.54, 1.807) is 34.6 Å². The van der Waals surface area contributed by atoms with E-state index in [-0.39, 0.29) is 29.6 Å². The van der Waals surface area contributed by atoms with Gasteiger partial charge in [0.25, 0.3) is 0 Å². The topological polar surface area (TPSA) is 60.4 Å². The van der Waals surface area contributed by atoms with Crippen molar-refractivity contribution in [3.63, 3.8) is 0 Å². The molecule has 0 aliphatic heterocycles. The number of Topliss-reactive ketones (excluding diaryl/α,β-unsaturated/α-hetero) is 1. The fraction of sp³-hybridized carbons (Fsp3) is 0.700. The van der Waals surface area contributed by atoms with Crippen LogP contribution in [0.25, 0.3) is 0 Å². The van der Waals surface area contributed by atoms with Gasteiger partial charge in [-0.15, -0.1) is 0 Å². The Balaban J connectivity index is 0. The zero-order valence-electron chi connectivity index (χ0n) is 10.2. The molecule has 0 heterocycles. The van der Waals surface area contributed by atoms with Gasteiger partial charge in [-0.05, 0) is 0 Å². The number of ketones is 1. The minimum absolute atomic E-state index is 0. The Hall–Kier alpha value is -0.190. The minimum Gasteiger partial charge on any atom is -0.387 e. The van der Waals surface area contributed by atoms with Crippen LogP contribution in [0.4, 0.5) is 0 Å². The summed E-state index contributed by atoms with van der Waals surface area (Å²) in [5.41, 5.74) is -0.811. The van der Waals surface area contributed by atoms with Gasteiger partial charge in [0.05, 0.1) is 5.92 Å². The summed E-state index contributed by atoms with van der Waals surface area (Å²) in [4.78, 5) is 33.4. The first kappa shape index (κ1) is 17.2. The normalized spacial score (nSPS) is 10.5. The fourth-order valence-corrected chi connectivity index (χ4v) is 0.562. The molecule has 0 aromatic heterocycles. The van der Waals surface area contributed by atoms with E-state index in [1.165, 1.54) is 0 Å². The molecule has 0 saturated carbocycles. The summed E-state index contributed by atoms with van der Waals surface area (Å²) in [6.07, 6.45) is 0. The van der Waals surface area contributed by atoms with Gasteiger partial charge >= 0.3 is 11.9 Å². The monoisotopic (exact) mass is 223 g/mol. The predicted molar refractivity (Wildman–Crippen MR) is 56.2 cm³/mol. The first-order valence-electron chi connectivity index (χ1n) is 4.46. The molecule has 0 aromatic carbocycles. The molecule has 0 fully saturated rings. The van der Waals surface area contributed by atoms with E-state index in [2.05, 4.69) is 4.74 Å². The smallest absolute Gasteiger partial charge is 0.382 e. The second-order valence-electron chi connectivity index (χ2n) is 4.44. The summed E-state index contributed by atoms with van der Waals surface area (Å²) in [7, 11) is 0. The maximum atomic E-state index is 11.3. The van der Waals surface area contributed by atoms with E-state index in [4.69, 9.17) is 0 Å². The van der Waals surface area contributed by atoms with Gasteiger partial charge in [-0.25, -0.2) is 4.79 Å². The second kappa shape index (κ2) is 6.40.